The molecule has 1 N–H and O–H groups in total. The highest BCUT2D eigenvalue weighted by atomic mass is 16.6. The van der Waals surface area contributed by atoms with Gasteiger partial charge in [-0.25, -0.2) is 0 Å². The fourth-order valence-electron chi connectivity index (χ4n) is 2.34. The molecule has 1 amide bonds. The van der Waals surface area contributed by atoms with Crippen molar-refractivity contribution < 1.29 is 19.0 Å². The Morgan fingerprint density at radius 1 is 1.16 bits per heavy atom. The Labute approximate surface area is 145 Å². The third-order valence-corrected chi connectivity index (χ3v) is 3.59. The van der Waals surface area contributed by atoms with Crippen molar-refractivity contribution in [3.8, 4) is 23.3 Å². The molecule has 1 aliphatic heterocycles. The van der Waals surface area contributed by atoms with Gasteiger partial charge < -0.3 is 19.5 Å². The van der Waals surface area contributed by atoms with Crippen LogP contribution < -0.4 is 19.5 Å². The number of nitriles is 1. The summed E-state index contributed by atoms with van der Waals surface area (Å²) in [6.07, 6.45) is 1.51. The van der Waals surface area contributed by atoms with E-state index < -0.39 is 5.91 Å². The Balaban J connectivity index is 1.77. The number of carbonyl (C=O) groups excluding carboxylic acids is 1. The number of amides is 1. The predicted molar refractivity (Wildman–Crippen MR) is 92.6 cm³/mol. The van der Waals surface area contributed by atoms with Crippen LogP contribution in [0, 0.1) is 11.3 Å². The van der Waals surface area contributed by atoms with Crippen LogP contribution in [-0.2, 0) is 4.79 Å². The minimum absolute atomic E-state index is 0.00695. The molecule has 2 aromatic rings. The van der Waals surface area contributed by atoms with Gasteiger partial charge in [0.25, 0.3) is 5.91 Å². The molecular formula is C19H16N2O4. The van der Waals surface area contributed by atoms with Crippen LogP contribution in [0.25, 0.3) is 6.08 Å². The smallest absolute Gasteiger partial charge is 0.266 e. The molecule has 0 saturated carbocycles. The van der Waals surface area contributed by atoms with E-state index in [0.717, 1.165) is 0 Å². The van der Waals surface area contributed by atoms with E-state index in [1.807, 2.05) is 6.07 Å². The van der Waals surface area contributed by atoms with Gasteiger partial charge in [0.15, 0.2) is 11.5 Å². The largest absolute Gasteiger partial charge is 0.497 e. The van der Waals surface area contributed by atoms with Crippen LogP contribution >= 0.6 is 0 Å². The molecule has 0 radical (unpaired) electrons. The summed E-state index contributed by atoms with van der Waals surface area (Å²) in [6.45, 7) is 0.985. The van der Waals surface area contributed by atoms with Crippen molar-refractivity contribution in [1.29, 1.82) is 5.26 Å². The number of nitrogens with zero attached hydrogens (tertiary/aromatic N) is 1. The number of hydrogen-bond acceptors (Lipinski definition) is 5. The topological polar surface area (TPSA) is 80.6 Å². The summed E-state index contributed by atoms with van der Waals surface area (Å²) in [5, 5.41) is 12.0. The maximum absolute atomic E-state index is 12.3. The number of carbonyl (C=O) groups is 1. The standard InChI is InChI=1S/C19H16N2O4/c1-23-16-5-3-15(4-6-16)21-19(22)14(12-20)10-13-2-7-17-18(11-13)25-9-8-24-17/h2-7,10-11H,8-9H2,1H3,(H,21,22)/b14-10+. The van der Waals surface area contributed by atoms with Crippen molar-refractivity contribution in [1.82, 2.24) is 0 Å². The summed E-state index contributed by atoms with van der Waals surface area (Å²) in [4.78, 5) is 12.3. The first-order chi connectivity index (χ1) is 12.2. The quantitative estimate of drug-likeness (QED) is 0.686. The second-order valence-corrected chi connectivity index (χ2v) is 5.26. The first-order valence-electron chi connectivity index (χ1n) is 7.66. The lowest BCUT2D eigenvalue weighted by molar-refractivity contribution is -0.112. The van der Waals surface area contributed by atoms with Gasteiger partial charge in [0.1, 0.15) is 30.6 Å². The van der Waals surface area contributed by atoms with Gasteiger partial charge in [0.2, 0.25) is 0 Å². The van der Waals surface area contributed by atoms with E-state index in [1.165, 1.54) is 6.08 Å². The minimum Gasteiger partial charge on any atom is -0.497 e. The van der Waals surface area contributed by atoms with Gasteiger partial charge in [-0.2, -0.15) is 5.26 Å². The molecule has 0 unspecified atom stereocenters. The molecule has 0 saturated heterocycles. The predicted octanol–water partition coefficient (Wildman–Crippen LogP) is 3.01. The lowest BCUT2D eigenvalue weighted by atomic mass is 10.1. The summed E-state index contributed by atoms with van der Waals surface area (Å²) in [6, 6.07) is 14.1. The maximum atomic E-state index is 12.3. The lowest BCUT2D eigenvalue weighted by Gasteiger charge is -2.18. The average Bonchev–Trinajstić information content (AvgIpc) is 2.66. The Bertz CT molecular complexity index is 851. The van der Waals surface area contributed by atoms with Crippen LogP contribution in [0.2, 0.25) is 0 Å². The third kappa shape index (κ3) is 3.90. The molecule has 6 heteroatoms. The van der Waals surface area contributed by atoms with Crippen LogP contribution in [0.1, 0.15) is 5.56 Å². The maximum Gasteiger partial charge on any atom is 0.266 e. The van der Waals surface area contributed by atoms with Crippen LogP contribution in [0.5, 0.6) is 17.2 Å². The van der Waals surface area contributed by atoms with Crippen molar-refractivity contribution in [2.24, 2.45) is 0 Å². The molecule has 0 atom stereocenters. The Kier molecular flexibility index (Phi) is 4.86. The first-order valence-corrected chi connectivity index (χ1v) is 7.66. The molecular weight excluding hydrogens is 320 g/mol. The van der Waals surface area contributed by atoms with Crippen molar-refractivity contribution in [2.75, 3.05) is 25.6 Å². The summed E-state index contributed by atoms with van der Waals surface area (Å²) in [7, 11) is 1.57. The average molecular weight is 336 g/mol. The van der Waals surface area contributed by atoms with E-state index in [1.54, 1.807) is 49.6 Å². The Hall–Kier alpha value is -3.46. The summed E-state index contributed by atoms with van der Waals surface area (Å²) in [5.74, 6) is 1.46. The molecule has 126 valence electrons. The highest BCUT2D eigenvalue weighted by Crippen LogP contribution is 2.31. The third-order valence-electron chi connectivity index (χ3n) is 3.59. The number of benzene rings is 2. The normalized spacial score (nSPS) is 12.9. The van der Waals surface area contributed by atoms with E-state index in [2.05, 4.69) is 5.32 Å². The molecule has 0 aliphatic carbocycles. The number of methoxy groups -OCH3 is 1. The zero-order valence-electron chi connectivity index (χ0n) is 13.6. The van der Waals surface area contributed by atoms with Crippen LogP contribution in [0.3, 0.4) is 0 Å². The molecule has 6 nitrogen and oxygen atoms in total. The van der Waals surface area contributed by atoms with Gasteiger partial charge in [-0.15, -0.1) is 0 Å². The molecule has 3 rings (SSSR count). The van der Waals surface area contributed by atoms with Crippen LogP contribution in [0.4, 0.5) is 5.69 Å². The molecule has 0 aromatic heterocycles. The zero-order chi connectivity index (χ0) is 17.6. The molecule has 1 heterocycles. The number of fused-ring (bicyclic) bond motifs is 1. The second-order valence-electron chi connectivity index (χ2n) is 5.26. The lowest BCUT2D eigenvalue weighted by Crippen LogP contribution is -2.15. The first kappa shape index (κ1) is 16.4. The minimum atomic E-state index is -0.484. The van der Waals surface area contributed by atoms with E-state index in [0.29, 0.717) is 41.7 Å². The fraction of sp³-hybridized carbons (Fsp3) is 0.158. The monoisotopic (exact) mass is 336 g/mol. The second kappa shape index (κ2) is 7.41. The molecule has 0 bridgehead atoms. The van der Waals surface area contributed by atoms with Gasteiger partial charge in [-0.1, -0.05) is 6.07 Å². The molecule has 1 aliphatic rings. The van der Waals surface area contributed by atoms with E-state index in [4.69, 9.17) is 14.2 Å². The van der Waals surface area contributed by atoms with Crippen molar-refractivity contribution in [3.05, 3.63) is 53.6 Å². The van der Waals surface area contributed by atoms with Crippen LogP contribution in [0.15, 0.2) is 48.0 Å². The van der Waals surface area contributed by atoms with Crippen LogP contribution in [-0.4, -0.2) is 26.2 Å². The van der Waals surface area contributed by atoms with E-state index in [9.17, 15) is 10.1 Å². The number of rotatable bonds is 4. The number of anilines is 1. The summed E-state index contributed by atoms with van der Waals surface area (Å²) >= 11 is 0. The summed E-state index contributed by atoms with van der Waals surface area (Å²) in [5.41, 5.74) is 1.26. The molecule has 0 fully saturated rings. The number of hydrogen-bond donors (Lipinski definition) is 1. The highest BCUT2D eigenvalue weighted by molar-refractivity contribution is 6.09. The fourth-order valence-corrected chi connectivity index (χ4v) is 2.34. The SMILES string of the molecule is COc1ccc(NC(=O)/C(C#N)=C/c2ccc3c(c2)OCCO3)cc1. The van der Waals surface area contributed by atoms with Gasteiger partial charge in [-0.05, 0) is 48.0 Å². The van der Waals surface area contributed by atoms with Gasteiger partial charge in [-0.3, -0.25) is 4.79 Å². The van der Waals surface area contributed by atoms with Crippen molar-refractivity contribution in [2.45, 2.75) is 0 Å². The summed E-state index contributed by atoms with van der Waals surface area (Å²) < 4.78 is 16.0. The van der Waals surface area contributed by atoms with E-state index >= 15 is 0 Å². The van der Waals surface area contributed by atoms with E-state index in [-0.39, 0.29) is 5.57 Å². The zero-order valence-corrected chi connectivity index (χ0v) is 13.6. The van der Waals surface area contributed by atoms with Crippen molar-refractivity contribution in [3.63, 3.8) is 0 Å². The number of ether oxygens (including phenoxy) is 3. The Morgan fingerprint density at radius 2 is 1.88 bits per heavy atom. The van der Waals surface area contributed by atoms with Gasteiger partial charge >= 0.3 is 0 Å². The molecule has 0 spiro atoms. The van der Waals surface area contributed by atoms with Crippen molar-refractivity contribution >= 4 is 17.7 Å². The Morgan fingerprint density at radius 3 is 2.56 bits per heavy atom. The molecule has 25 heavy (non-hydrogen) atoms. The number of nitrogens with one attached hydrogen (secondary N) is 1. The van der Waals surface area contributed by atoms with Gasteiger partial charge in [0.05, 0.1) is 7.11 Å². The van der Waals surface area contributed by atoms with Gasteiger partial charge in [0, 0.05) is 5.69 Å². The molecule has 2 aromatic carbocycles. The highest BCUT2D eigenvalue weighted by Gasteiger charge is 2.13.